The molecule has 0 atom stereocenters. The average Bonchev–Trinajstić information content (AvgIpc) is 2.60. The van der Waals surface area contributed by atoms with Crippen molar-refractivity contribution in [2.45, 2.75) is 6.92 Å². The molecule has 0 spiro atoms. The average molecular weight is 390 g/mol. The molecule has 0 unspecified atom stereocenters. The van der Waals surface area contributed by atoms with Crippen molar-refractivity contribution < 1.29 is 14.3 Å². The first-order valence-electron chi connectivity index (χ1n) is 8.62. The van der Waals surface area contributed by atoms with Gasteiger partial charge in [0.15, 0.2) is 0 Å². The number of anilines is 1. The second-order valence-electron chi connectivity index (χ2n) is 6.24. The molecule has 2 aromatic rings. The second kappa shape index (κ2) is 10.5. The highest BCUT2D eigenvalue weighted by Crippen LogP contribution is 2.13. The Labute approximate surface area is 164 Å². The van der Waals surface area contributed by atoms with Crippen LogP contribution in [0.4, 0.5) is 5.69 Å². The maximum atomic E-state index is 12.0. The Bertz CT molecular complexity index is 765. The van der Waals surface area contributed by atoms with Gasteiger partial charge in [0, 0.05) is 10.7 Å². The lowest BCUT2D eigenvalue weighted by Crippen LogP contribution is -2.40. The monoisotopic (exact) mass is 389 g/mol. The molecule has 6 nitrogen and oxygen atoms in total. The smallest absolute Gasteiger partial charge is 0.238 e. The van der Waals surface area contributed by atoms with E-state index < -0.39 is 0 Å². The van der Waals surface area contributed by atoms with E-state index in [4.69, 9.17) is 16.3 Å². The summed E-state index contributed by atoms with van der Waals surface area (Å²) in [6.45, 7) is 3.01. The molecule has 2 amide bonds. The van der Waals surface area contributed by atoms with Crippen LogP contribution in [-0.4, -0.2) is 50.0 Å². The predicted octanol–water partition coefficient (Wildman–Crippen LogP) is 2.71. The number of halogens is 1. The highest BCUT2D eigenvalue weighted by atomic mass is 35.5. The van der Waals surface area contributed by atoms with E-state index in [-0.39, 0.29) is 24.9 Å². The number of carbonyl (C=O) groups is 2. The van der Waals surface area contributed by atoms with Gasteiger partial charge in [-0.05, 0) is 55.9 Å². The molecule has 0 aliphatic rings. The van der Waals surface area contributed by atoms with E-state index in [2.05, 4.69) is 10.6 Å². The van der Waals surface area contributed by atoms with Crippen molar-refractivity contribution in [1.29, 1.82) is 0 Å². The molecule has 0 aliphatic carbocycles. The number of carbonyl (C=O) groups excluding carboxylic acids is 2. The Balaban J connectivity index is 1.62. The van der Waals surface area contributed by atoms with Crippen LogP contribution in [0.1, 0.15) is 5.56 Å². The van der Waals surface area contributed by atoms with E-state index in [1.165, 1.54) is 0 Å². The van der Waals surface area contributed by atoms with Gasteiger partial charge < -0.3 is 15.4 Å². The van der Waals surface area contributed by atoms with E-state index in [1.807, 2.05) is 31.2 Å². The van der Waals surface area contributed by atoms with E-state index >= 15 is 0 Å². The van der Waals surface area contributed by atoms with E-state index in [1.54, 1.807) is 36.2 Å². The fourth-order valence-electron chi connectivity index (χ4n) is 2.40. The van der Waals surface area contributed by atoms with Gasteiger partial charge in [-0.1, -0.05) is 23.7 Å². The van der Waals surface area contributed by atoms with Crippen LogP contribution in [0.25, 0.3) is 0 Å². The zero-order valence-electron chi connectivity index (χ0n) is 15.5. The van der Waals surface area contributed by atoms with Gasteiger partial charge in [0.1, 0.15) is 12.4 Å². The summed E-state index contributed by atoms with van der Waals surface area (Å²) in [6, 6.07) is 14.6. The van der Waals surface area contributed by atoms with Crippen LogP contribution < -0.4 is 15.4 Å². The third kappa shape index (κ3) is 8.11. The largest absolute Gasteiger partial charge is 0.492 e. The number of amides is 2. The summed E-state index contributed by atoms with van der Waals surface area (Å²) in [5, 5.41) is 6.14. The maximum Gasteiger partial charge on any atom is 0.238 e. The summed E-state index contributed by atoms with van der Waals surface area (Å²) in [5.74, 6) is 0.417. The molecule has 2 N–H and O–H groups in total. The van der Waals surface area contributed by atoms with Crippen molar-refractivity contribution in [3.8, 4) is 5.75 Å². The molecular formula is C20H24ClN3O3. The summed E-state index contributed by atoms with van der Waals surface area (Å²) in [7, 11) is 1.71. The lowest BCUT2D eigenvalue weighted by Gasteiger charge is -2.16. The van der Waals surface area contributed by atoms with Crippen LogP contribution in [0.2, 0.25) is 5.02 Å². The highest BCUT2D eigenvalue weighted by Gasteiger charge is 2.10. The molecule has 0 aliphatic heterocycles. The number of hydrogen-bond donors (Lipinski definition) is 2. The molecule has 27 heavy (non-hydrogen) atoms. The van der Waals surface area contributed by atoms with Gasteiger partial charge >= 0.3 is 0 Å². The van der Waals surface area contributed by atoms with Gasteiger partial charge in [-0.15, -0.1) is 0 Å². The van der Waals surface area contributed by atoms with Crippen LogP contribution >= 0.6 is 11.6 Å². The molecule has 2 rings (SSSR count). The molecule has 0 saturated heterocycles. The zero-order valence-corrected chi connectivity index (χ0v) is 16.3. The van der Waals surface area contributed by atoms with Crippen LogP contribution in [-0.2, 0) is 9.59 Å². The maximum absolute atomic E-state index is 12.0. The topological polar surface area (TPSA) is 70.7 Å². The third-order valence-electron chi connectivity index (χ3n) is 3.64. The number of aryl methyl sites for hydroxylation is 1. The number of ether oxygens (including phenoxy) is 1. The standard InChI is InChI=1S/C20H24ClN3O3/c1-15-4-3-5-18(12-15)27-11-10-22-19(25)13-24(2)14-20(26)23-17-8-6-16(21)7-9-17/h3-9,12H,10-11,13-14H2,1-2H3,(H,22,25)(H,23,26). The van der Waals surface area contributed by atoms with Crippen LogP contribution in [0.15, 0.2) is 48.5 Å². The van der Waals surface area contributed by atoms with Gasteiger partial charge in [-0.25, -0.2) is 0 Å². The summed E-state index contributed by atoms with van der Waals surface area (Å²) in [5.41, 5.74) is 1.78. The number of nitrogens with zero attached hydrogens (tertiary/aromatic N) is 1. The molecule has 0 aromatic heterocycles. The lowest BCUT2D eigenvalue weighted by molar-refractivity contribution is -0.123. The first-order chi connectivity index (χ1) is 12.9. The molecular weight excluding hydrogens is 366 g/mol. The van der Waals surface area contributed by atoms with Crippen molar-refractivity contribution in [3.63, 3.8) is 0 Å². The minimum absolute atomic E-state index is 0.107. The van der Waals surface area contributed by atoms with Gasteiger partial charge in [0.05, 0.1) is 19.6 Å². The number of benzene rings is 2. The van der Waals surface area contributed by atoms with Crippen molar-refractivity contribution in [2.75, 3.05) is 38.6 Å². The van der Waals surface area contributed by atoms with Crippen molar-refractivity contribution in [1.82, 2.24) is 10.2 Å². The number of likely N-dealkylation sites (N-methyl/N-ethyl adjacent to an activating group) is 1. The number of hydrogen-bond acceptors (Lipinski definition) is 4. The Kier molecular flexibility index (Phi) is 8.10. The van der Waals surface area contributed by atoms with Crippen molar-refractivity contribution >= 4 is 29.1 Å². The quantitative estimate of drug-likeness (QED) is 0.647. The van der Waals surface area contributed by atoms with Gasteiger partial charge in [0.2, 0.25) is 11.8 Å². The summed E-state index contributed by atoms with van der Waals surface area (Å²) in [6.07, 6.45) is 0. The van der Waals surface area contributed by atoms with Crippen molar-refractivity contribution in [2.24, 2.45) is 0 Å². The molecule has 0 saturated carbocycles. The molecule has 7 heteroatoms. The minimum Gasteiger partial charge on any atom is -0.492 e. The third-order valence-corrected chi connectivity index (χ3v) is 3.89. The fraction of sp³-hybridized carbons (Fsp3) is 0.300. The van der Waals surface area contributed by atoms with Crippen LogP contribution in [0.5, 0.6) is 5.75 Å². The van der Waals surface area contributed by atoms with E-state index in [0.717, 1.165) is 11.3 Å². The molecule has 2 aromatic carbocycles. The number of rotatable bonds is 9. The summed E-state index contributed by atoms with van der Waals surface area (Å²) >= 11 is 5.81. The normalized spacial score (nSPS) is 10.5. The predicted molar refractivity (Wildman–Crippen MR) is 107 cm³/mol. The Morgan fingerprint density at radius 3 is 2.48 bits per heavy atom. The summed E-state index contributed by atoms with van der Waals surface area (Å²) in [4.78, 5) is 25.6. The lowest BCUT2D eigenvalue weighted by atomic mass is 10.2. The first-order valence-corrected chi connectivity index (χ1v) is 9.00. The molecule has 0 heterocycles. The SMILES string of the molecule is Cc1cccc(OCCNC(=O)CN(C)CC(=O)Nc2ccc(Cl)cc2)c1. The van der Waals surface area contributed by atoms with Gasteiger partial charge in [-0.2, -0.15) is 0 Å². The van der Waals surface area contributed by atoms with E-state index in [0.29, 0.717) is 23.9 Å². The summed E-state index contributed by atoms with van der Waals surface area (Å²) < 4.78 is 5.58. The zero-order chi connectivity index (χ0) is 19.6. The van der Waals surface area contributed by atoms with E-state index in [9.17, 15) is 9.59 Å². The molecule has 0 fully saturated rings. The van der Waals surface area contributed by atoms with Crippen LogP contribution in [0.3, 0.4) is 0 Å². The van der Waals surface area contributed by atoms with Gasteiger partial charge in [-0.3, -0.25) is 14.5 Å². The Morgan fingerprint density at radius 1 is 1.07 bits per heavy atom. The number of nitrogens with one attached hydrogen (secondary N) is 2. The Hall–Kier alpha value is -2.57. The molecule has 0 radical (unpaired) electrons. The minimum atomic E-state index is -0.199. The van der Waals surface area contributed by atoms with Crippen LogP contribution in [0, 0.1) is 6.92 Å². The highest BCUT2D eigenvalue weighted by molar-refractivity contribution is 6.30. The van der Waals surface area contributed by atoms with Gasteiger partial charge in [0.25, 0.3) is 0 Å². The molecule has 144 valence electrons. The molecule has 0 bridgehead atoms. The van der Waals surface area contributed by atoms with Crippen molar-refractivity contribution in [3.05, 3.63) is 59.1 Å². The fourth-order valence-corrected chi connectivity index (χ4v) is 2.53. The first kappa shape index (κ1) is 20.7. The Morgan fingerprint density at radius 2 is 1.78 bits per heavy atom. The second-order valence-corrected chi connectivity index (χ2v) is 6.68.